The minimum Gasteiger partial charge on any atom is -0.476 e. The lowest BCUT2D eigenvalue weighted by Gasteiger charge is -2.19. The lowest BCUT2D eigenvalue weighted by molar-refractivity contribution is -0.129. The smallest absolute Gasteiger partial charge is 0.286 e. The van der Waals surface area contributed by atoms with Crippen molar-refractivity contribution in [2.75, 3.05) is 0 Å². The number of nitrogens with zero attached hydrogens (tertiary/aromatic N) is 1. The molecule has 138 valence electrons. The number of rotatable bonds is 5. The van der Waals surface area contributed by atoms with Gasteiger partial charge >= 0.3 is 0 Å². The monoisotopic (exact) mass is 427 g/mol. The van der Waals surface area contributed by atoms with E-state index in [4.69, 9.17) is 4.74 Å². The van der Waals surface area contributed by atoms with Crippen molar-refractivity contribution < 1.29 is 14.3 Å². The predicted octanol–water partition coefficient (Wildman–Crippen LogP) is 3.37. The molecule has 7 heteroatoms. The number of nitrogens with one attached hydrogen (secondary N) is 2. The molecule has 0 aliphatic heterocycles. The summed E-state index contributed by atoms with van der Waals surface area (Å²) in [6, 6.07) is 19.7. The van der Waals surface area contributed by atoms with Gasteiger partial charge in [0.15, 0.2) is 0 Å². The lowest BCUT2D eigenvalue weighted by Crippen LogP contribution is -2.45. The highest BCUT2D eigenvalue weighted by atomic mass is 79.9. The fourth-order valence-electron chi connectivity index (χ4n) is 2.49. The van der Waals surface area contributed by atoms with Crippen LogP contribution in [-0.4, -0.2) is 16.4 Å². The van der Waals surface area contributed by atoms with Crippen molar-refractivity contribution in [2.24, 2.45) is 7.05 Å². The molecule has 1 unspecified atom stereocenters. The van der Waals surface area contributed by atoms with Crippen LogP contribution in [0.1, 0.15) is 22.2 Å². The number of amides is 2. The number of ether oxygens (including phenoxy) is 1. The number of aromatic nitrogens is 1. The van der Waals surface area contributed by atoms with Crippen molar-refractivity contribution in [1.29, 1.82) is 0 Å². The van der Waals surface area contributed by atoms with E-state index in [0.717, 1.165) is 4.47 Å². The molecule has 0 bridgehead atoms. The summed E-state index contributed by atoms with van der Waals surface area (Å²) in [5, 5.41) is 0. The molecule has 0 spiro atoms. The minimum atomic E-state index is -0.916. The Bertz CT molecular complexity index is 923. The zero-order chi connectivity index (χ0) is 19.2. The number of hydrazine groups is 1. The maximum Gasteiger partial charge on any atom is 0.286 e. The molecular weight excluding hydrogens is 410 g/mol. The van der Waals surface area contributed by atoms with Crippen LogP contribution in [0.15, 0.2) is 77.4 Å². The fourth-order valence-corrected chi connectivity index (χ4v) is 2.76. The molecule has 1 atom stereocenters. The van der Waals surface area contributed by atoms with Crippen molar-refractivity contribution in [2.45, 2.75) is 6.10 Å². The van der Waals surface area contributed by atoms with Crippen molar-refractivity contribution >= 4 is 27.7 Å². The predicted molar refractivity (Wildman–Crippen MR) is 105 cm³/mol. The molecular formula is C20H18BrN3O3. The number of carbonyl (C=O) groups is 2. The van der Waals surface area contributed by atoms with Gasteiger partial charge < -0.3 is 9.30 Å². The maximum absolute atomic E-state index is 12.7. The maximum atomic E-state index is 12.7. The van der Waals surface area contributed by atoms with E-state index in [2.05, 4.69) is 26.8 Å². The highest BCUT2D eigenvalue weighted by Crippen LogP contribution is 2.24. The first-order valence-corrected chi connectivity index (χ1v) is 9.02. The summed E-state index contributed by atoms with van der Waals surface area (Å²) in [6.45, 7) is 0. The van der Waals surface area contributed by atoms with Gasteiger partial charge in [0, 0.05) is 23.3 Å². The number of halogens is 1. The van der Waals surface area contributed by atoms with E-state index >= 15 is 0 Å². The largest absolute Gasteiger partial charge is 0.476 e. The quantitative estimate of drug-likeness (QED) is 0.613. The summed E-state index contributed by atoms with van der Waals surface area (Å²) in [6.07, 6.45) is 0.834. The molecule has 2 amide bonds. The van der Waals surface area contributed by atoms with Gasteiger partial charge in [0.1, 0.15) is 11.4 Å². The second-order valence-corrected chi connectivity index (χ2v) is 6.73. The van der Waals surface area contributed by atoms with Crippen LogP contribution in [0, 0.1) is 0 Å². The van der Waals surface area contributed by atoms with E-state index in [1.807, 2.05) is 30.3 Å². The van der Waals surface area contributed by atoms with Gasteiger partial charge in [-0.2, -0.15) is 0 Å². The highest BCUT2D eigenvalue weighted by Gasteiger charge is 2.23. The van der Waals surface area contributed by atoms with E-state index in [1.54, 1.807) is 54.2 Å². The standard InChI is InChI=1S/C20H18BrN3O3/c1-24-13-5-8-17(24)19(25)22-23-20(26)18(14-6-3-2-4-7-14)27-16-11-9-15(21)10-12-16/h2-13,18H,1H3,(H,22,25)(H,23,26). The van der Waals surface area contributed by atoms with Gasteiger partial charge in [0.2, 0.25) is 6.10 Å². The van der Waals surface area contributed by atoms with Gasteiger partial charge in [0.25, 0.3) is 11.8 Å². The second-order valence-electron chi connectivity index (χ2n) is 5.81. The van der Waals surface area contributed by atoms with Crippen LogP contribution in [0.3, 0.4) is 0 Å². The molecule has 0 radical (unpaired) electrons. The number of aryl methyl sites for hydroxylation is 1. The van der Waals surface area contributed by atoms with Gasteiger partial charge in [-0.25, -0.2) is 0 Å². The van der Waals surface area contributed by atoms with Gasteiger partial charge in [-0.15, -0.1) is 0 Å². The van der Waals surface area contributed by atoms with Crippen LogP contribution in [0.5, 0.6) is 5.75 Å². The van der Waals surface area contributed by atoms with Crippen LogP contribution in [0.4, 0.5) is 0 Å². The van der Waals surface area contributed by atoms with Gasteiger partial charge in [-0.1, -0.05) is 46.3 Å². The summed E-state index contributed by atoms with van der Waals surface area (Å²) in [7, 11) is 1.75. The Hall–Kier alpha value is -3.06. The summed E-state index contributed by atoms with van der Waals surface area (Å²) in [5.74, 6) is -0.353. The van der Waals surface area contributed by atoms with E-state index in [-0.39, 0.29) is 0 Å². The molecule has 2 N–H and O–H groups in total. The Kier molecular flexibility index (Phi) is 5.93. The van der Waals surface area contributed by atoms with Gasteiger partial charge in [-0.05, 0) is 36.4 Å². The molecule has 1 aromatic heterocycles. The summed E-state index contributed by atoms with van der Waals surface area (Å²) < 4.78 is 8.44. The fraction of sp³-hybridized carbons (Fsp3) is 0.100. The molecule has 0 aliphatic carbocycles. The van der Waals surface area contributed by atoms with E-state index in [0.29, 0.717) is 17.0 Å². The Morgan fingerprint density at radius 1 is 0.963 bits per heavy atom. The molecule has 3 aromatic rings. The third-order valence-corrected chi connectivity index (χ3v) is 4.41. The Balaban J connectivity index is 1.73. The van der Waals surface area contributed by atoms with Crippen molar-refractivity contribution in [1.82, 2.24) is 15.4 Å². The number of benzene rings is 2. The summed E-state index contributed by atoms with van der Waals surface area (Å²) >= 11 is 3.37. The van der Waals surface area contributed by atoms with Gasteiger partial charge in [-0.3, -0.25) is 20.4 Å². The molecule has 0 saturated heterocycles. The molecule has 0 fully saturated rings. The molecule has 6 nitrogen and oxygen atoms in total. The average Bonchev–Trinajstić information content (AvgIpc) is 3.12. The van der Waals surface area contributed by atoms with Crippen molar-refractivity contribution in [3.05, 3.63) is 88.7 Å². The van der Waals surface area contributed by atoms with Crippen LogP contribution < -0.4 is 15.6 Å². The van der Waals surface area contributed by atoms with E-state index in [1.165, 1.54) is 0 Å². The molecule has 0 saturated carbocycles. The minimum absolute atomic E-state index is 0.411. The Labute approximate surface area is 165 Å². The second kappa shape index (κ2) is 8.55. The van der Waals surface area contributed by atoms with Crippen molar-refractivity contribution in [3.63, 3.8) is 0 Å². The molecule has 27 heavy (non-hydrogen) atoms. The molecule has 2 aromatic carbocycles. The summed E-state index contributed by atoms with van der Waals surface area (Å²) in [4.78, 5) is 24.9. The molecule has 3 rings (SSSR count). The average molecular weight is 428 g/mol. The van der Waals surface area contributed by atoms with E-state index in [9.17, 15) is 9.59 Å². The van der Waals surface area contributed by atoms with Gasteiger partial charge in [0.05, 0.1) is 0 Å². The highest BCUT2D eigenvalue weighted by molar-refractivity contribution is 9.10. The SMILES string of the molecule is Cn1cccc1C(=O)NNC(=O)C(Oc1ccc(Br)cc1)c1ccccc1. The van der Waals surface area contributed by atoms with Crippen molar-refractivity contribution in [3.8, 4) is 5.75 Å². The summed E-state index contributed by atoms with van der Waals surface area (Å²) in [5.41, 5.74) is 5.97. The van der Waals surface area contributed by atoms with Crippen LogP contribution in [-0.2, 0) is 11.8 Å². The zero-order valence-corrected chi connectivity index (χ0v) is 16.1. The first-order valence-electron chi connectivity index (χ1n) is 8.23. The first kappa shape index (κ1) is 18.7. The number of hydrogen-bond donors (Lipinski definition) is 2. The number of hydrogen-bond acceptors (Lipinski definition) is 3. The third-order valence-electron chi connectivity index (χ3n) is 3.88. The van der Waals surface area contributed by atoms with Crippen LogP contribution in [0.2, 0.25) is 0 Å². The zero-order valence-electron chi connectivity index (χ0n) is 14.6. The lowest BCUT2D eigenvalue weighted by atomic mass is 10.1. The molecule has 0 aliphatic rings. The van der Waals surface area contributed by atoms with Crippen LogP contribution >= 0.6 is 15.9 Å². The number of carbonyl (C=O) groups excluding carboxylic acids is 2. The van der Waals surface area contributed by atoms with E-state index < -0.39 is 17.9 Å². The van der Waals surface area contributed by atoms with Crippen LogP contribution in [0.25, 0.3) is 0 Å². The Morgan fingerprint density at radius 3 is 2.30 bits per heavy atom. The Morgan fingerprint density at radius 2 is 1.67 bits per heavy atom. The molecule has 1 heterocycles. The normalized spacial score (nSPS) is 11.5. The topological polar surface area (TPSA) is 72.4 Å². The first-order chi connectivity index (χ1) is 13.0. The third kappa shape index (κ3) is 4.77.